The lowest BCUT2D eigenvalue weighted by atomic mass is 10.0. The van der Waals surface area contributed by atoms with Gasteiger partial charge in [-0.3, -0.25) is 4.79 Å². The summed E-state index contributed by atoms with van der Waals surface area (Å²) in [4.78, 5) is 12.0. The molecule has 2 rings (SSSR count). The van der Waals surface area contributed by atoms with Crippen molar-refractivity contribution in [3.05, 3.63) is 24.3 Å². The van der Waals surface area contributed by atoms with Gasteiger partial charge in [-0.1, -0.05) is 6.07 Å². The van der Waals surface area contributed by atoms with Crippen molar-refractivity contribution in [1.29, 1.82) is 0 Å². The Morgan fingerprint density at radius 2 is 2.25 bits per heavy atom. The summed E-state index contributed by atoms with van der Waals surface area (Å²) < 4.78 is 25.6. The van der Waals surface area contributed by atoms with Gasteiger partial charge in [0.2, 0.25) is 15.9 Å². The number of benzene rings is 1. The summed E-state index contributed by atoms with van der Waals surface area (Å²) in [5, 5.41) is 5.96. The van der Waals surface area contributed by atoms with Crippen LogP contribution in [0.4, 0.5) is 5.69 Å². The topological polar surface area (TPSA) is 87.3 Å². The van der Waals surface area contributed by atoms with Gasteiger partial charge in [-0.05, 0) is 50.7 Å². The highest BCUT2D eigenvalue weighted by Gasteiger charge is 2.18. The monoisotopic (exact) mass is 297 g/mol. The van der Waals surface area contributed by atoms with Gasteiger partial charge < -0.3 is 10.6 Å². The summed E-state index contributed by atoms with van der Waals surface area (Å²) in [7, 11) is -2.14. The van der Waals surface area contributed by atoms with Crippen molar-refractivity contribution in [3.8, 4) is 0 Å². The molecule has 0 aromatic heterocycles. The minimum absolute atomic E-state index is 0.0855. The van der Waals surface area contributed by atoms with Crippen molar-refractivity contribution in [3.63, 3.8) is 0 Å². The Balaban J connectivity index is 2.02. The van der Waals surface area contributed by atoms with Gasteiger partial charge in [-0.15, -0.1) is 0 Å². The van der Waals surface area contributed by atoms with E-state index < -0.39 is 10.0 Å². The van der Waals surface area contributed by atoms with Crippen LogP contribution >= 0.6 is 0 Å². The molecule has 7 heteroatoms. The smallest absolute Gasteiger partial charge is 0.240 e. The van der Waals surface area contributed by atoms with Crippen LogP contribution in [0.15, 0.2) is 29.2 Å². The molecule has 1 aliphatic heterocycles. The fourth-order valence-electron chi connectivity index (χ4n) is 2.22. The molecule has 1 saturated heterocycles. The zero-order chi connectivity index (χ0) is 14.6. The van der Waals surface area contributed by atoms with E-state index in [1.54, 1.807) is 12.1 Å². The minimum Gasteiger partial charge on any atom is -0.326 e. The van der Waals surface area contributed by atoms with Crippen LogP contribution < -0.4 is 15.4 Å². The SMILES string of the molecule is CNS(=O)(=O)c1cccc(NC(=O)CC2CCNC2)c1. The van der Waals surface area contributed by atoms with Gasteiger partial charge in [0.15, 0.2) is 0 Å². The Morgan fingerprint density at radius 1 is 1.45 bits per heavy atom. The van der Waals surface area contributed by atoms with E-state index in [-0.39, 0.29) is 10.8 Å². The largest absolute Gasteiger partial charge is 0.326 e. The molecule has 0 radical (unpaired) electrons. The second kappa shape index (κ2) is 6.34. The Kier molecular flexibility index (Phi) is 4.74. The lowest BCUT2D eigenvalue weighted by molar-refractivity contribution is -0.116. The fraction of sp³-hybridized carbons (Fsp3) is 0.462. The summed E-state index contributed by atoms with van der Waals surface area (Å²) in [6, 6.07) is 6.23. The van der Waals surface area contributed by atoms with Crippen LogP contribution in [0.3, 0.4) is 0 Å². The van der Waals surface area contributed by atoms with Crippen molar-refractivity contribution >= 4 is 21.6 Å². The summed E-state index contributed by atoms with van der Waals surface area (Å²) in [6.07, 6.45) is 1.46. The maximum atomic E-state index is 11.9. The number of rotatable bonds is 5. The van der Waals surface area contributed by atoms with Gasteiger partial charge >= 0.3 is 0 Å². The molecule has 0 saturated carbocycles. The average Bonchev–Trinajstić information content (AvgIpc) is 2.91. The quantitative estimate of drug-likeness (QED) is 0.740. The number of anilines is 1. The fourth-order valence-corrected chi connectivity index (χ4v) is 3.00. The van der Waals surface area contributed by atoms with E-state index in [4.69, 9.17) is 0 Å². The van der Waals surface area contributed by atoms with E-state index in [0.29, 0.717) is 18.0 Å². The van der Waals surface area contributed by atoms with Crippen molar-refractivity contribution in [2.75, 3.05) is 25.5 Å². The predicted molar refractivity (Wildman–Crippen MR) is 76.9 cm³/mol. The normalized spacial score (nSPS) is 18.9. The molecule has 1 unspecified atom stereocenters. The van der Waals surface area contributed by atoms with Crippen LogP contribution in [0.1, 0.15) is 12.8 Å². The van der Waals surface area contributed by atoms with Crippen LogP contribution in [0, 0.1) is 5.92 Å². The van der Waals surface area contributed by atoms with E-state index in [1.165, 1.54) is 19.2 Å². The summed E-state index contributed by atoms with van der Waals surface area (Å²) in [6.45, 7) is 1.81. The maximum Gasteiger partial charge on any atom is 0.240 e. The molecule has 1 atom stereocenters. The van der Waals surface area contributed by atoms with E-state index in [1.807, 2.05) is 0 Å². The number of sulfonamides is 1. The third-order valence-corrected chi connectivity index (χ3v) is 4.75. The van der Waals surface area contributed by atoms with E-state index in [0.717, 1.165) is 19.5 Å². The molecule has 1 amide bonds. The van der Waals surface area contributed by atoms with E-state index >= 15 is 0 Å². The summed E-state index contributed by atoms with van der Waals surface area (Å²) >= 11 is 0. The van der Waals surface area contributed by atoms with Crippen LogP contribution in [-0.4, -0.2) is 34.5 Å². The lowest BCUT2D eigenvalue weighted by Gasteiger charge is -2.10. The Labute approximate surface area is 119 Å². The van der Waals surface area contributed by atoms with Gasteiger partial charge in [0.1, 0.15) is 0 Å². The molecule has 0 aliphatic carbocycles. The number of amides is 1. The number of carbonyl (C=O) groups is 1. The number of hydrogen-bond acceptors (Lipinski definition) is 4. The number of hydrogen-bond donors (Lipinski definition) is 3. The molecule has 1 aliphatic rings. The standard InChI is InChI=1S/C13H19N3O3S/c1-14-20(18,19)12-4-2-3-11(8-12)16-13(17)7-10-5-6-15-9-10/h2-4,8,10,14-15H,5-7,9H2,1H3,(H,16,17). The third-order valence-electron chi connectivity index (χ3n) is 3.33. The Hall–Kier alpha value is -1.44. The van der Waals surface area contributed by atoms with E-state index in [9.17, 15) is 13.2 Å². The molecule has 1 heterocycles. The molecule has 1 fully saturated rings. The molecule has 0 bridgehead atoms. The van der Waals surface area contributed by atoms with Crippen molar-refractivity contribution in [1.82, 2.24) is 10.0 Å². The molecule has 3 N–H and O–H groups in total. The van der Waals surface area contributed by atoms with Gasteiger partial charge in [-0.2, -0.15) is 0 Å². The van der Waals surface area contributed by atoms with Crippen LogP contribution in [0.25, 0.3) is 0 Å². The van der Waals surface area contributed by atoms with Crippen molar-refractivity contribution < 1.29 is 13.2 Å². The first-order chi connectivity index (χ1) is 9.51. The second-order valence-electron chi connectivity index (χ2n) is 4.85. The molecule has 1 aromatic carbocycles. The Bertz CT molecular complexity index is 580. The lowest BCUT2D eigenvalue weighted by Crippen LogP contribution is -2.20. The van der Waals surface area contributed by atoms with Crippen LogP contribution in [0.2, 0.25) is 0 Å². The summed E-state index contributed by atoms with van der Waals surface area (Å²) in [5.41, 5.74) is 0.497. The molecule has 0 spiro atoms. The van der Waals surface area contributed by atoms with Gasteiger partial charge in [0.25, 0.3) is 0 Å². The van der Waals surface area contributed by atoms with E-state index in [2.05, 4.69) is 15.4 Å². The third kappa shape index (κ3) is 3.78. The maximum absolute atomic E-state index is 11.9. The van der Waals surface area contributed by atoms with Gasteiger partial charge in [0, 0.05) is 12.1 Å². The number of carbonyl (C=O) groups excluding carboxylic acids is 1. The predicted octanol–water partition coefficient (Wildman–Crippen LogP) is 0.533. The summed E-state index contributed by atoms with van der Waals surface area (Å²) in [5.74, 6) is 0.275. The molecular formula is C13H19N3O3S. The highest BCUT2D eigenvalue weighted by atomic mass is 32.2. The van der Waals surface area contributed by atoms with Gasteiger partial charge in [0.05, 0.1) is 4.90 Å². The molecule has 110 valence electrons. The zero-order valence-corrected chi connectivity index (χ0v) is 12.2. The molecule has 20 heavy (non-hydrogen) atoms. The first kappa shape index (κ1) is 15.0. The highest BCUT2D eigenvalue weighted by Crippen LogP contribution is 2.17. The van der Waals surface area contributed by atoms with Gasteiger partial charge in [-0.25, -0.2) is 13.1 Å². The molecule has 6 nitrogen and oxygen atoms in total. The van der Waals surface area contributed by atoms with Crippen molar-refractivity contribution in [2.45, 2.75) is 17.7 Å². The van der Waals surface area contributed by atoms with Crippen LogP contribution in [0.5, 0.6) is 0 Å². The average molecular weight is 297 g/mol. The van der Waals surface area contributed by atoms with Crippen molar-refractivity contribution in [2.24, 2.45) is 5.92 Å². The minimum atomic E-state index is -3.49. The second-order valence-corrected chi connectivity index (χ2v) is 6.73. The zero-order valence-electron chi connectivity index (χ0n) is 11.3. The molecule has 1 aromatic rings. The van der Waals surface area contributed by atoms with Crippen LogP contribution in [-0.2, 0) is 14.8 Å². The highest BCUT2D eigenvalue weighted by molar-refractivity contribution is 7.89. The first-order valence-electron chi connectivity index (χ1n) is 6.55. The Morgan fingerprint density at radius 3 is 2.90 bits per heavy atom. The number of nitrogens with one attached hydrogen (secondary N) is 3. The first-order valence-corrected chi connectivity index (χ1v) is 8.04. The molecular weight excluding hydrogens is 278 g/mol.